The SMILES string of the molecule is COc1ccc(S(=O)(=O)N2CCCO[C@H]2CNC(=O)C(=O)NCc2ccc3c(c2)OCO3)cc1. The molecule has 0 spiro atoms. The molecule has 2 aliphatic heterocycles. The molecule has 34 heavy (non-hydrogen) atoms. The maximum Gasteiger partial charge on any atom is 0.309 e. The molecule has 2 aromatic carbocycles. The third-order valence-electron chi connectivity index (χ3n) is 5.35. The van der Waals surface area contributed by atoms with E-state index in [9.17, 15) is 18.0 Å². The van der Waals surface area contributed by atoms with Gasteiger partial charge in [0.25, 0.3) is 0 Å². The van der Waals surface area contributed by atoms with E-state index in [1.165, 1.54) is 23.5 Å². The lowest BCUT2D eigenvalue weighted by Gasteiger charge is -2.34. The Morgan fingerprint density at radius 2 is 1.79 bits per heavy atom. The van der Waals surface area contributed by atoms with Crippen molar-refractivity contribution in [1.82, 2.24) is 14.9 Å². The Balaban J connectivity index is 1.33. The number of hydrogen-bond acceptors (Lipinski definition) is 8. The average molecular weight is 492 g/mol. The molecule has 1 saturated heterocycles. The van der Waals surface area contributed by atoms with E-state index in [-0.39, 0.29) is 31.3 Å². The summed E-state index contributed by atoms with van der Waals surface area (Å²) in [5.41, 5.74) is 0.734. The number of ether oxygens (including phenoxy) is 4. The number of rotatable bonds is 7. The van der Waals surface area contributed by atoms with Gasteiger partial charge in [-0.3, -0.25) is 9.59 Å². The molecule has 2 amide bonds. The van der Waals surface area contributed by atoms with E-state index in [1.807, 2.05) is 0 Å². The van der Waals surface area contributed by atoms with Gasteiger partial charge in [0.2, 0.25) is 16.8 Å². The molecule has 0 radical (unpaired) electrons. The molecule has 0 bridgehead atoms. The van der Waals surface area contributed by atoms with Crippen LogP contribution in [-0.4, -0.2) is 64.4 Å². The van der Waals surface area contributed by atoms with Crippen LogP contribution in [0.3, 0.4) is 0 Å². The molecular formula is C22H25N3O8S. The normalized spacial score (nSPS) is 17.7. The summed E-state index contributed by atoms with van der Waals surface area (Å²) in [7, 11) is -2.38. The first kappa shape index (κ1) is 23.8. The fraction of sp³-hybridized carbons (Fsp3) is 0.364. The van der Waals surface area contributed by atoms with Crippen molar-refractivity contribution in [2.75, 3.05) is 33.6 Å². The van der Waals surface area contributed by atoms with Crippen LogP contribution in [0.5, 0.6) is 17.2 Å². The van der Waals surface area contributed by atoms with Gasteiger partial charge < -0.3 is 29.6 Å². The Bertz CT molecular complexity index is 1150. The van der Waals surface area contributed by atoms with Crippen LogP contribution in [0.4, 0.5) is 0 Å². The number of methoxy groups -OCH3 is 1. The maximum atomic E-state index is 13.1. The van der Waals surface area contributed by atoms with E-state index >= 15 is 0 Å². The second-order valence-corrected chi connectivity index (χ2v) is 9.44. The zero-order valence-corrected chi connectivity index (χ0v) is 19.3. The number of benzene rings is 2. The molecule has 2 heterocycles. The van der Waals surface area contributed by atoms with Gasteiger partial charge in [-0.25, -0.2) is 8.42 Å². The molecule has 0 aliphatic carbocycles. The van der Waals surface area contributed by atoms with E-state index in [4.69, 9.17) is 18.9 Å². The molecule has 11 nitrogen and oxygen atoms in total. The van der Waals surface area contributed by atoms with Crippen molar-refractivity contribution >= 4 is 21.8 Å². The fourth-order valence-electron chi connectivity index (χ4n) is 3.56. The highest BCUT2D eigenvalue weighted by molar-refractivity contribution is 7.89. The Labute approximate surface area is 197 Å². The standard InChI is InChI=1S/C22H25N3O8S/c1-30-16-4-6-17(7-5-16)34(28,29)25-9-2-10-31-20(25)13-24-22(27)21(26)23-12-15-3-8-18-19(11-15)33-14-32-18/h3-8,11,20H,2,9-10,12-14H2,1H3,(H,23,26)(H,24,27)/t20-/m0/s1. The van der Waals surface area contributed by atoms with Gasteiger partial charge in [-0.2, -0.15) is 4.31 Å². The largest absolute Gasteiger partial charge is 0.497 e. The first-order valence-corrected chi connectivity index (χ1v) is 12.0. The van der Waals surface area contributed by atoms with Crippen LogP contribution in [0.25, 0.3) is 0 Å². The van der Waals surface area contributed by atoms with E-state index in [1.54, 1.807) is 30.3 Å². The van der Waals surface area contributed by atoms with E-state index in [2.05, 4.69) is 10.6 Å². The van der Waals surface area contributed by atoms with Crippen molar-refractivity contribution in [2.45, 2.75) is 24.1 Å². The zero-order valence-electron chi connectivity index (χ0n) is 18.5. The fourth-order valence-corrected chi connectivity index (χ4v) is 5.12. The summed E-state index contributed by atoms with van der Waals surface area (Å²) < 4.78 is 48.6. The summed E-state index contributed by atoms with van der Waals surface area (Å²) in [4.78, 5) is 24.6. The molecule has 2 aliphatic rings. The van der Waals surface area contributed by atoms with Crippen molar-refractivity contribution < 1.29 is 37.0 Å². The van der Waals surface area contributed by atoms with E-state index in [0.29, 0.717) is 30.3 Å². The van der Waals surface area contributed by atoms with Gasteiger partial charge in [-0.05, 0) is 48.4 Å². The highest BCUT2D eigenvalue weighted by Gasteiger charge is 2.35. The second-order valence-electron chi connectivity index (χ2n) is 7.55. The topological polar surface area (TPSA) is 132 Å². The average Bonchev–Trinajstić information content (AvgIpc) is 3.34. The predicted molar refractivity (Wildman–Crippen MR) is 119 cm³/mol. The highest BCUT2D eigenvalue weighted by Crippen LogP contribution is 2.32. The highest BCUT2D eigenvalue weighted by atomic mass is 32.2. The number of amides is 2. The minimum absolute atomic E-state index is 0.0802. The lowest BCUT2D eigenvalue weighted by Crippen LogP contribution is -2.53. The number of fused-ring (bicyclic) bond motifs is 1. The summed E-state index contributed by atoms with van der Waals surface area (Å²) in [6.07, 6.45) is -0.429. The molecule has 1 atom stereocenters. The molecule has 182 valence electrons. The van der Waals surface area contributed by atoms with Gasteiger partial charge in [-0.1, -0.05) is 6.07 Å². The molecule has 2 N–H and O–H groups in total. The smallest absolute Gasteiger partial charge is 0.309 e. The summed E-state index contributed by atoms with van der Waals surface area (Å²) in [6, 6.07) is 11.2. The Hall–Kier alpha value is -3.35. The Morgan fingerprint density at radius 3 is 2.56 bits per heavy atom. The third-order valence-corrected chi connectivity index (χ3v) is 7.26. The number of nitrogens with zero attached hydrogens (tertiary/aromatic N) is 1. The molecule has 0 unspecified atom stereocenters. The maximum absolute atomic E-state index is 13.1. The summed E-state index contributed by atoms with van der Waals surface area (Å²) in [6.45, 7) is 0.644. The number of carbonyl (C=O) groups excluding carboxylic acids is 2. The summed E-state index contributed by atoms with van der Waals surface area (Å²) in [5.74, 6) is -0.0163. The molecule has 12 heteroatoms. The zero-order chi connectivity index (χ0) is 24.1. The van der Waals surface area contributed by atoms with Gasteiger partial charge in [0.05, 0.1) is 25.2 Å². The van der Waals surface area contributed by atoms with Crippen molar-refractivity contribution in [3.8, 4) is 17.2 Å². The van der Waals surface area contributed by atoms with Crippen LogP contribution in [-0.2, 0) is 30.9 Å². The Morgan fingerprint density at radius 1 is 1.06 bits per heavy atom. The van der Waals surface area contributed by atoms with Gasteiger partial charge in [0.1, 0.15) is 12.0 Å². The molecule has 0 aromatic heterocycles. The van der Waals surface area contributed by atoms with Crippen molar-refractivity contribution in [2.24, 2.45) is 0 Å². The first-order chi connectivity index (χ1) is 16.4. The molecule has 1 fully saturated rings. The van der Waals surface area contributed by atoms with Gasteiger partial charge in [0, 0.05) is 13.1 Å². The van der Waals surface area contributed by atoms with E-state index in [0.717, 1.165) is 5.56 Å². The van der Waals surface area contributed by atoms with Crippen molar-refractivity contribution in [1.29, 1.82) is 0 Å². The van der Waals surface area contributed by atoms with Crippen molar-refractivity contribution in [3.05, 3.63) is 48.0 Å². The summed E-state index contributed by atoms with van der Waals surface area (Å²) >= 11 is 0. The van der Waals surface area contributed by atoms with Gasteiger partial charge >= 0.3 is 11.8 Å². The number of sulfonamides is 1. The third kappa shape index (κ3) is 5.24. The number of carbonyl (C=O) groups is 2. The molecular weight excluding hydrogens is 466 g/mol. The Kier molecular flexibility index (Phi) is 7.20. The quantitative estimate of drug-likeness (QED) is 0.538. The molecule has 2 aromatic rings. The van der Waals surface area contributed by atoms with E-state index < -0.39 is 28.1 Å². The summed E-state index contributed by atoms with van der Waals surface area (Å²) in [5, 5.41) is 4.98. The predicted octanol–water partition coefficient (Wildman–Crippen LogP) is 0.594. The van der Waals surface area contributed by atoms with Crippen LogP contribution in [0.1, 0.15) is 12.0 Å². The van der Waals surface area contributed by atoms with Gasteiger partial charge in [-0.15, -0.1) is 0 Å². The molecule has 0 saturated carbocycles. The van der Waals surface area contributed by atoms with Crippen LogP contribution >= 0.6 is 0 Å². The van der Waals surface area contributed by atoms with Gasteiger partial charge in [0.15, 0.2) is 11.5 Å². The monoisotopic (exact) mass is 491 g/mol. The van der Waals surface area contributed by atoms with Crippen molar-refractivity contribution in [3.63, 3.8) is 0 Å². The lowest BCUT2D eigenvalue weighted by atomic mass is 10.2. The molecule has 4 rings (SSSR count). The van der Waals surface area contributed by atoms with Crippen LogP contribution in [0, 0.1) is 0 Å². The number of nitrogens with one attached hydrogen (secondary N) is 2. The second kappa shape index (κ2) is 10.3. The first-order valence-electron chi connectivity index (χ1n) is 10.6. The van der Waals surface area contributed by atoms with Crippen LogP contribution in [0.15, 0.2) is 47.4 Å². The minimum Gasteiger partial charge on any atom is -0.497 e. The lowest BCUT2D eigenvalue weighted by molar-refractivity contribution is -0.140. The number of hydrogen-bond donors (Lipinski definition) is 2. The van der Waals surface area contributed by atoms with Crippen LogP contribution < -0.4 is 24.8 Å². The minimum atomic E-state index is -3.88. The van der Waals surface area contributed by atoms with Crippen LogP contribution in [0.2, 0.25) is 0 Å².